The van der Waals surface area contributed by atoms with Crippen LogP contribution in [-0.2, 0) is 12.8 Å². The van der Waals surface area contributed by atoms with Gasteiger partial charge in [0.15, 0.2) is 0 Å². The lowest BCUT2D eigenvalue weighted by atomic mass is 9.76. The molecule has 4 aromatic rings. The van der Waals surface area contributed by atoms with Crippen molar-refractivity contribution in [2.24, 2.45) is 0 Å². The van der Waals surface area contributed by atoms with E-state index in [2.05, 4.69) is 72.8 Å². The van der Waals surface area contributed by atoms with Crippen molar-refractivity contribution >= 4 is 10.8 Å². The third-order valence-electron chi connectivity index (χ3n) is 5.71. The average molecular weight is 304 g/mol. The van der Waals surface area contributed by atoms with Gasteiger partial charge in [0.25, 0.3) is 0 Å². The van der Waals surface area contributed by atoms with Crippen LogP contribution in [0.5, 0.6) is 0 Å². The van der Waals surface area contributed by atoms with Crippen LogP contribution in [-0.4, -0.2) is 0 Å². The van der Waals surface area contributed by atoms with Crippen molar-refractivity contribution in [3.8, 4) is 22.3 Å². The fourth-order valence-electron chi connectivity index (χ4n) is 4.67. The molecular formula is C24H16. The second-order valence-corrected chi connectivity index (χ2v) is 6.96. The number of rotatable bonds is 0. The SMILES string of the molecule is c1ccc2c(c1)Cc1ccc3c4c(ccc-2c14)Cc1ccccc1-3. The fraction of sp³-hybridized carbons (Fsp3) is 0.0833. The average Bonchev–Trinajstić information content (AvgIpc) is 2.65. The number of benzene rings is 4. The molecule has 24 heavy (non-hydrogen) atoms. The Morgan fingerprint density at radius 2 is 0.833 bits per heavy atom. The molecule has 0 bridgehead atoms. The maximum atomic E-state index is 2.35. The van der Waals surface area contributed by atoms with E-state index in [0.29, 0.717) is 0 Å². The van der Waals surface area contributed by atoms with E-state index in [1.165, 1.54) is 55.3 Å². The van der Waals surface area contributed by atoms with Gasteiger partial charge in [-0.05, 0) is 68.1 Å². The largest absolute Gasteiger partial charge is 0.0619 e. The molecule has 2 aliphatic rings. The topological polar surface area (TPSA) is 0 Å². The van der Waals surface area contributed by atoms with Crippen LogP contribution in [0.15, 0.2) is 72.8 Å². The molecule has 0 heterocycles. The van der Waals surface area contributed by atoms with Crippen LogP contribution in [0.1, 0.15) is 22.3 Å². The smallest absolute Gasteiger partial charge is 0.00132 e. The van der Waals surface area contributed by atoms with Gasteiger partial charge in [0.2, 0.25) is 0 Å². The van der Waals surface area contributed by atoms with Gasteiger partial charge >= 0.3 is 0 Å². The number of hydrogen-bond acceptors (Lipinski definition) is 0. The number of fused-ring (bicyclic) bond motifs is 4. The van der Waals surface area contributed by atoms with Gasteiger partial charge in [-0.15, -0.1) is 0 Å². The molecule has 0 saturated carbocycles. The molecule has 0 aromatic heterocycles. The molecule has 0 saturated heterocycles. The second-order valence-electron chi connectivity index (χ2n) is 6.96. The lowest BCUT2D eigenvalue weighted by Gasteiger charge is -2.27. The Kier molecular flexibility index (Phi) is 2.28. The van der Waals surface area contributed by atoms with Gasteiger partial charge < -0.3 is 0 Å². The standard InChI is InChI=1S/C24H16/c1-3-7-19-15(5-1)13-17-9-12-22-20-8-4-2-6-16(20)14-18-10-11-21(19)23(17)24(18)22/h1-12H,13-14H2. The zero-order valence-corrected chi connectivity index (χ0v) is 13.3. The van der Waals surface area contributed by atoms with Gasteiger partial charge in [-0.2, -0.15) is 0 Å². The van der Waals surface area contributed by atoms with Crippen LogP contribution < -0.4 is 0 Å². The predicted molar refractivity (Wildman–Crippen MR) is 100 cm³/mol. The van der Waals surface area contributed by atoms with Crippen LogP contribution in [0.3, 0.4) is 0 Å². The third kappa shape index (κ3) is 1.48. The summed E-state index contributed by atoms with van der Waals surface area (Å²) in [4.78, 5) is 0. The van der Waals surface area contributed by atoms with E-state index in [1.54, 1.807) is 0 Å². The Labute approximate surface area is 141 Å². The zero-order chi connectivity index (χ0) is 15.7. The van der Waals surface area contributed by atoms with Gasteiger partial charge in [-0.1, -0.05) is 72.8 Å². The van der Waals surface area contributed by atoms with E-state index in [-0.39, 0.29) is 0 Å². The molecule has 0 atom stereocenters. The predicted octanol–water partition coefficient (Wildman–Crippen LogP) is 5.98. The minimum Gasteiger partial charge on any atom is -0.0619 e. The van der Waals surface area contributed by atoms with Crippen molar-refractivity contribution < 1.29 is 0 Å². The summed E-state index contributed by atoms with van der Waals surface area (Å²) in [6.45, 7) is 0. The van der Waals surface area contributed by atoms with Crippen LogP contribution >= 0.6 is 0 Å². The van der Waals surface area contributed by atoms with Crippen molar-refractivity contribution in [1.82, 2.24) is 0 Å². The summed E-state index contributed by atoms with van der Waals surface area (Å²) < 4.78 is 0. The molecule has 112 valence electrons. The molecule has 0 heteroatoms. The summed E-state index contributed by atoms with van der Waals surface area (Å²) in [6.07, 6.45) is 2.09. The van der Waals surface area contributed by atoms with E-state index in [9.17, 15) is 0 Å². The van der Waals surface area contributed by atoms with Crippen LogP contribution in [0.4, 0.5) is 0 Å². The highest BCUT2D eigenvalue weighted by molar-refractivity contribution is 6.11. The molecule has 0 N–H and O–H groups in total. The molecule has 0 aliphatic heterocycles. The van der Waals surface area contributed by atoms with Gasteiger partial charge in [-0.25, -0.2) is 0 Å². The van der Waals surface area contributed by atoms with E-state index < -0.39 is 0 Å². The van der Waals surface area contributed by atoms with Gasteiger partial charge in [0.05, 0.1) is 0 Å². The summed E-state index contributed by atoms with van der Waals surface area (Å²) in [6, 6.07) is 27.1. The molecule has 0 nitrogen and oxygen atoms in total. The summed E-state index contributed by atoms with van der Waals surface area (Å²) in [7, 11) is 0. The molecule has 2 aliphatic carbocycles. The van der Waals surface area contributed by atoms with Crippen molar-refractivity contribution in [2.45, 2.75) is 12.8 Å². The van der Waals surface area contributed by atoms with Gasteiger partial charge in [0.1, 0.15) is 0 Å². The second kappa shape index (κ2) is 4.36. The monoisotopic (exact) mass is 304 g/mol. The minimum atomic E-state index is 1.05. The molecule has 0 radical (unpaired) electrons. The summed E-state index contributed by atoms with van der Waals surface area (Å²) in [5.41, 5.74) is 11.5. The summed E-state index contributed by atoms with van der Waals surface area (Å²) in [5, 5.41) is 2.97. The maximum Gasteiger partial charge on any atom is -0.00132 e. The third-order valence-corrected chi connectivity index (χ3v) is 5.71. The first kappa shape index (κ1) is 12.5. The van der Waals surface area contributed by atoms with Gasteiger partial charge in [-0.3, -0.25) is 0 Å². The minimum absolute atomic E-state index is 1.05. The van der Waals surface area contributed by atoms with Crippen LogP contribution in [0.25, 0.3) is 33.0 Å². The molecule has 4 aromatic carbocycles. The van der Waals surface area contributed by atoms with Crippen molar-refractivity contribution in [3.63, 3.8) is 0 Å². The Morgan fingerprint density at radius 3 is 1.33 bits per heavy atom. The van der Waals surface area contributed by atoms with Crippen molar-refractivity contribution in [3.05, 3.63) is 95.1 Å². The summed E-state index contributed by atoms with van der Waals surface area (Å²) in [5.74, 6) is 0. The molecule has 0 unspecified atom stereocenters. The Balaban J connectivity index is 1.80. The molecule has 0 spiro atoms. The normalized spacial score (nSPS) is 13.5. The highest BCUT2D eigenvalue weighted by Crippen LogP contribution is 2.46. The lowest BCUT2D eigenvalue weighted by molar-refractivity contribution is 1.17. The molecule has 6 rings (SSSR count). The molecule has 0 fully saturated rings. The first-order valence-corrected chi connectivity index (χ1v) is 8.64. The summed E-state index contributed by atoms with van der Waals surface area (Å²) >= 11 is 0. The Morgan fingerprint density at radius 1 is 0.375 bits per heavy atom. The zero-order valence-electron chi connectivity index (χ0n) is 13.3. The number of hydrogen-bond donors (Lipinski definition) is 0. The van der Waals surface area contributed by atoms with E-state index >= 15 is 0 Å². The van der Waals surface area contributed by atoms with E-state index in [1.807, 2.05) is 0 Å². The van der Waals surface area contributed by atoms with Crippen molar-refractivity contribution in [1.29, 1.82) is 0 Å². The maximum absolute atomic E-state index is 2.35. The molecule has 0 amide bonds. The first-order valence-electron chi connectivity index (χ1n) is 8.64. The highest BCUT2D eigenvalue weighted by Gasteiger charge is 2.24. The van der Waals surface area contributed by atoms with Crippen LogP contribution in [0, 0.1) is 0 Å². The van der Waals surface area contributed by atoms with E-state index in [4.69, 9.17) is 0 Å². The van der Waals surface area contributed by atoms with Gasteiger partial charge in [0, 0.05) is 0 Å². The van der Waals surface area contributed by atoms with Crippen LogP contribution in [0.2, 0.25) is 0 Å². The van der Waals surface area contributed by atoms with E-state index in [0.717, 1.165) is 12.8 Å². The van der Waals surface area contributed by atoms with Crippen molar-refractivity contribution in [2.75, 3.05) is 0 Å². The fourth-order valence-corrected chi connectivity index (χ4v) is 4.67. The Bertz CT molecular complexity index is 1060. The first-order chi connectivity index (χ1) is 11.9. The highest BCUT2D eigenvalue weighted by atomic mass is 14.3. The lowest BCUT2D eigenvalue weighted by Crippen LogP contribution is -2.06. The Hall–Kier alpha value is -2.86. The quantitative estimate of drug-likeness (QED) is 0.324. The molecular weight excluding hydrogens is 288 g/mol.